The van der Waals surface area contributed by atoms with Gasteiger partial charge in [0.1, 0.15) is 5.82 Å². The Morgan fingerprint density at radius 2 is 2.24 bits per heavy atom. The number of hydrogen-bond donors (Lipinski definition) is 1. The molecule has 0 aliphatic carbocycles. The fraction of sp³-hybridized carbons (Fsp3) is 0.357. The second-order valence-electron chi connectivity index (χ2n) is 4.17. The Kier molecular flexibility index (Phi) is 3.94. The topological polar surface area (TPSA) is 29.9 Å². The summed E-state index contributed by atoms with van der Waals surface area (Å²) in [6.07, 6.45) is 5.04. The zero-order valence-electron chi connectivity index (χ0n) is 10.5. The summed E-state index contributed by atoms with van der Waals surface area (Å²) in [5, 5.41) is 3.17. The first-order valence-electron chi connectivity index (χ1n) is 6.10. The minimum Gasteiger partial charge on any atom is -0.331 e. The van der Waals surface area contributed by atoms with Crippen LogP contribution in [0.5, 0.6) is 0 Å². The molecule has 0 unspecified atom stereocenters. The van der Waals surface area contributed by atoms with Crippen LogP contribution in [0, 0.1) is 0 Å². The third-order valence-corrected chi connectivity index (χ3v) is 2.75. The van der Waals surface area contributed by atoms with Crippen LogP contribution in [0.1, 0.15) is 18.9 Å². The van der Waals surface area contributed by atoms with E-state index in [0.717, 1.165) is 25.3 Å². The highest BCUT2D eigenvalue weighted by molar-refractivity contribution is 5.56. The molecule has 0 saturated heterocycles. The van der Waals surface area contributed by atoms with Gasteiger partial charge in [-0.15, -0.1) is 0 Å². The van der Waals surface area contributed by atoms with Gasteiger partial charge in [-0.25, -0.2) is 4.98 Å². The van der Waals surface area contributed by atoms with Crippen LogP contribution in [0.4, 0.5) is 0 Å². The first-order valence-corrected chi connectivity index (χ1v) is 6.10. The molecule has 3 nitrogen and oxygen atoms in total. The zero-order chi connectivity index (χ0) is 12.1. The first kappa shape index (κ1) is 11.9. The number of benzene rings is 1. The minimum absolute atomic E-state index is 0.891. The lowest BCUT2D eigenvalue weighted by molar-refractivity contribution is 0.685. The molecule has 1 heterocycles. The summed E-state index contributed by atoms with van der Waals surface area (Å²) in [6, 6.07) is 8.54. The fourth-order valence-electron chi connectivity index (χ4n) is 2.02. The van der Waals surface area contributed by atoms with E-state index in [1.807, 2.05) is 19.4 Å². The monoisotopic (exact) mass is 229 g/mol. The lowest BCUT2D eigenvalue weighted by atomic mass is 10.1. The number of aryl methyl sites for hydroxylation is 1. The van der Waals surface area contributed by atoms with Gasteiger partial charge in [0.2, 0.25) is 0 Å². The van der Waals surface area contributed by atoms with E-state index < -0.39 is 0 Å². The third kappa shape index (κ3) is 2.74. The Balaban J connectivity index is 2.31. The van der Waals surface area contributed by atoms with E-state index in [9.17, 15) is 0 Å². The van der Waals surface area contributed by atoms with Crippen molar-refractivity contribution in [3.05, 3.63) is 42.2 Å². The fourth-order valence-corrected chi connectivity index (χ4v) is 2.02. The van der Waals surface area contributed by atoms with Gasteiger partial charge < -0.3 is 9.88 Å². The molecule has 2 rings (SSSR count). The molecule has 1 aromatic carbocycles. The van der Waals surface area contributed by atoms with E-state index >= 15 is 0 Å². The molecule has 2 aromatic rings. The van der Waals surface area contributed by atoms with Crippen molar-refractivity contribution in [2.24, 2.45) is 0 Å². The number of aromatic nitrogens is 2. The van der Waals surface area contributed by atoms with Gasteiger partial charge in [0.25, 0.3) is 0 Å². The molecule has 0 atom stereocenters. The van der Waals surface area contributed by atoms with Gasteiger partial charge in [-0.1, -0.05) is 25.1 Å². The van der Waals surface area contributed by atoms with Gasteiger partial charge in [-0.05, 0) is 25.1 Å². The highest BCUT2D eigenvalue weighted by Gasteiger charge is 2.05. The van der Waals surface area contributed by atoms with Gasteiger partial charge in [0.05, 0.1) is 0 Å². The van der Waals surface area contributed by atoms with Crippen molar-refractivity contribution in [1.82, 2.24) is 14.9 Å². The molecule has 1 aromatic heterocycles. The van der Waals surface area contributed by atoms with Crippen LogP contribution >= 0.6 is 0 Å². The van der Waals surface area contributed by atoms with E-state index in [4.69, 9.17) is 0 Å². The van der Waals surface area contributed by atoms with Crippen molar-refractivity contribution >= 4 is 0 Å². The maximum atomic E-state index is 4.45. The second-order valence-corrected chi connectivity index (χ2v) is 4.17. The van der Waals surface area contributed by atoms with Gasteiger partial charge >= 0.3 is 0 Å². The Labute approximate surface area is 103 Å². The Morgan fingerprint density at radius 1 is 1.35 bits per heavy atom. The molecule has 0 spiro atoms. The molecule has 0 aliphatic heterocycles. The van der Waals surface area contributed by atoms with Crippen LogP contribution < -0.4 is 5.32 Å². The van der Waals surface area contributed by atoms with Crippen molar-refractivity contribution < 1.29 is 0 Å². The lowest BCUT2D eigenvalue weighted by Gasteiger charge is -2.08. The number of nitrogens with zero attached hydrogens (tertiary/aromatic N) is 2. The van der Waals surface area contributed by atoms with Crippen LogP contribution in [-0.4, -0.2) is 16.6 Å². The van der Waals surface area contributed by atoms with Crippen molar-refractivity contribution in [2.45, 2.75) is 26.4 Å². The smallest absolute Gasteiger partial charge is 0.139 e. The molecule has 3 heteroatoms. The average Bonchev–Trinajstić information content (AvgIpc) is 2.79. The first-order chi connectivity index (χ1) is 8.35. The Hall–Kier alpha value is -1.61. The van der Waals surface area contributed by atoms with E-state index in [1.165, 1.54) is 11.1 Å². The molecular formula is C14H19N3. The molecule has 0 amide bonds. The summed E-state index contributed by atoms with van der Waals surface area (Å²) in [5.41, 5.74) is 2.48. The summed E-state index contributed by atoms with van der Waals surface area (Å²) in [4.78, 5) is 4.45. The predicted molar refractivity (Wildman–Crippen MR) is 70.7 cm³/mol. The van der Waals surface area contributed by atoms with Crippen LogP contribution in [-0.2, 0) is 13.1 Å². The van der Waals surface area contributed by atoms with Crippen molar-refractivity contribution in [3.8, 4) is 11.4 Å². The maximum Gasteiger partial charge on any atom is 0.139 e. The summed E-state index contributed by atoms with van der Waals surface area (Å²) in [7, 11) is 1.96. The highest BCUT2D eigenvalue weighted by Crippen LogP contribution is 2.19. The molecular weight excluding hydrogens is 210 g/mol. The SMILES string of the molecule is CCCn1ccnc1-c1cccc(CNC)c1. The number of rotatable bonds is 5. The number of hydrogen-bond acceptors (Lipinski definition) is 2. The van der Waals surface area contributed by atoms with E-state index in [1.54, 1.807) is 0 Å². The number of imidazole rings is 1. The van der Waals surface area contributed by atoms with Gasteiger partial charge in [0, 0.05) is 31.0 Å². The lowest BCUT2D eigenvalue weighted by Crippen LogP contribution is -2.05. The zero-order valence-corrected chi connectivity index (χ0v) is 10.5. The molecule has 0 fully saturated rings. The highest BCUT2D eigenvalue weighted by atomic mass is 15.1. The normalized spacial score (nSPS) is 10.7. The van der Waals surface area contributed by atoms with Gasteiger partial charge in [0.15, 0.2) is 0 Å². The van der Waals surface area contributed by atoms with Crippen LogP contribution in [0.3, 0.4) is 0 Å². The quantitative estimate of drug-likeness (QED) is 0.854. The minimum atomic E-state index is 0.891. The average molecular weight is 229 g/mol. The second kappa shape index (κ2) is 5.64. The van der Waals surface area contributed by atoms with Gasteiger partial charge in [-0.2, -0.15) is 0 Å². The molecule has 17 heavy (non-hydrogen) atoms. The number of nitrogens with one attached hydrogen (secondary N) is 1. The Morgan fingerprint density at radius 3 is 3.00 bits per heavy atom. The van der Waals surface area contributed by atoms with Crippen LogP contribution in [0.2, 0.25) is 0 Å². The molecule has 1 N–H and O–H groups in total. The van der Waals surface area contributed by atoms with E-state index in [2.05, 4.69) is 46.1 Å². The predicted octanol–water partition coefficient (Wildman–Crippen LogP) is 2.68. The summed E-state index contributed by atoms with van der Waals surface area (Å²) >= 11 is 0. The van der Waals surface area contributed by atoms with Crippen molar-refractivity contribution in [2.75, 3.05) is 7.05 Å². The standard InChI is InChI=1S/C14H19N3/c1-3-8-17-9-7-16-14(17)13-6-4-5-12(10-13)11-15-2/h4-7,9-10,15H,3,8,11H2,1-2H3. The summed E-state index contributed by atoms with van der Waals surface area (Å²) in [5.74, 6) is 1.06. The van der Waals surface area contributed by atoms with E-state index in [0.29, 0.717) is 0 Å². The van der Waals surface area contributed by atoms with Crippen LogP contribution in [0.25, 0.3) is 11.4 Å². The summed E-state index contributed by atoms with van der Waals surface area (Å²) in [6.45, 7) is 4.09. The molecule has 0 saturated carbocycles. The molecule has 0 aliphatic rings. The van der Waals surface area contributed by atoms with E-state index in [-0.39, 0.29) is 0 Å². The molecule has 90 valence electrons. The Bertz CT molecular complexity index is 474. The third-order valence-electron chi connectivity index (χ3n) is 2.75. The molecule has 0 radical (unpaired) electrons. The summed E-state index contributed by atoms with van der Waals surface area (Å²) < 4.78 is 2.21. The van der Waals surface area contributed by atoms with Gasteiger partial charge in [-0.3, -0.25) is 0 Å². The van der Waals surface area contributed by atoms with Crippen molar-refractivity contribution in [3.63, 3.8) is 0 Å². The van der Waals surface area contributed by atoms with Crippen molar-refractivity contribution in [1.29, 1.82) is 0 Å². The largest absolute Gasteiger partial charge is 0.331 e. The molecule has 0 bridgehead atoms. The van der Waals surface area contributed by atoms with Crippen LogP contribution in [0.15, 0.2) is 36.7 Å². The maximum absolute atomic E-state index is 4.45.